The highest BCUT2D eigenvalue weighted by Crippen LogP contribution is 2.16. The number of amides is 2. The van der Waals surface area contributed by atoms with E-state index in [0.717, 1.165) is 26.2 Å². The lowest BCUT2D eigenvalue weighted by Gasteiger charge is -2.44. The van der Waals surface area contributed by atoms with Crippen molar-refractivity contribution in [2.24, 2.45) is 0 Å². The first-order valence-electron chi connectivity index (χ1n) is 7.93. The van der Waals surface area contributed by atoms with Gasteiger partial charge in [0.1, 0.15) is 0 Å². The number of urea groups is 1. The molecule has 2 rings (SSSR count). The number of hydrogen-bond acceptors (Lipinski definition) is 3. The van der Waals surface area contributed by atoms with Crippen LogP contribution in [0.1, 0.15) is 26.7 Å². The minimum absolute atomic E-state index is 0.192. The summed E-state index contributed by atoms with van der Waals surface area (Å²) in [4.78, 5) is 21.4. The van der Waals surface area contributed by atoms with Gasteiger partial charge in [0.2, 0.25) is 0 Å². The second kappa shape index (κ2) is 6.76. The van der Waals surface area contributed by atoms with Crippen molar-refractivity contribution in [3.8, 4) is 0 Å². The highest BCUT2D eigenvalue weighted by atomic mass is 16.2. The molecule has 20 heavy (non-hydrogen) atoms. The zero-order valence-electron chi connectivity index (χ0n) is 13.5. The first kappa shape index (κ1) is 15.6. The van der Waals surface area contributed by atoms with Gasteiger partial charge >= 0.3 is 6.03 Å². The predicted octanol–water partition coefficient (Wildman–Crippen LogP) is 1.16. The molecule has 0 saturated carbocycles. The first-order valence-corrected chi connectivity index (χ1v) is 7.93. The lowest BCUT2D eigenvalue weighted by atomic mass is 10.1. The Bertz CT molecular complexity index is 318. The number of likely N-dealkylation sites (tertiary alicyclic amines) is 1. The van der Waals surface area contributed by atoms with E-state index < -0.39 is 0 Å². The predicted molar refractivity (Wildman–Crippen MR) is 82.0 cm³/mol. The summed E-state index contributed by atoms with van der Waals surface area (Å²) >= 11 is 0. The third-order valence-electron chi connectivity index (χ3n) is 4.60. The molecule has 0 aromatic heterocycles. The minimum atomic E-state index is 0.192. The maximum absolute atomic E-state index is 12.6. The van der Waals surface area contributed by atoms with E-state index in [4.69, 9.17) is 0 Å². The Morgan fingerprint density at radius 2 is 1.70 bits per heavy atom. The van der Waals surface area contributed by atoms with E-state index in [9.17, 15) is 4.79 Å². The average molecular weight is 282 g/mol. The van der Waals surface area contributed by atoms with Crippen LogP contribution < -0.4 is 0 Å². The van der Waals surface area contributed by atoms with Crippen LogP contribution in [0.15, 0.2) is 0 Å². The summed E-state index contributed by atoms with van der Waals surface area (Å²) in [7, 11) is 4.07. The fourth-order valence-corrected chi connectivity index (χ4v) is 3.55. The van der Waals surface area contributed by atoms with Crippen LogP contribution in [0.5, 0.6) is 0 Å². The highest BCUT2D eigenvalue weighted by Gasteiger charge is 2.33. The van der Waals surface area contributed by atoms with E-state index in [2.05, 4.69) is 35.6 Å². The smallest absolute Gasteiger partial charge is 0.320 e. The average Bonchev–Trinajstić information content (AvgIpc) is 2.87. The largest absolute Gasteiger partial charge is 0.326 e. The fraction of sp³-hybridized carbons (Fsp3) is 0.933. The third kappa shape index (κ3) is 3.64. The van der Waals surface area contributed by atoms with Crippen LogP contribution in [0.3, 0.4) is 0 Å². The van der Waals surface area contributed by atoms with Crippen molar-refractivity contribution >= 4 is 6.03 Å². The number of nitrogens with zero attached hydrogens (tertiary/aromatic N) is 4. The molecule has 2 aliphatic rings. The van der Waals surface area contributed by atoms with Gasteiger partial charge in [0.15, 0.2) is 0 Å². The Labute approximate surface area is 123 Å². The van der Waals surface area contributed by atoms with E-state index in [0.29, 0.717) is 12.1 Å². The number of hydrogen-bond donors (Lipinski definition) is 0. The van der Waals surface area contributed by atoms with Crippen molar-refractivity contribution in [2.75, 3.05) is 53.4 Å². The molecule has 2 aliphatic heterocycles. The molecule has 2 atom stereocenters. The molecule has 0 unspecified atom stereocenters. The lowest BCUT2D eigenvalue weighted by molar-refractivity contribution is 0.0610. The van der Waals surface area contributed by atoms with Crippen LogP contribution in [0.4, 0.5) is 4.79 Å². The van der Waals surface area contributed by atoms with Crippen molar-refractivity contribution in [1.82, 2.24) is 19.6 Å². The molecule has 0 aliphatic carbocycles. The molecule has 0 N–H and O–H groups in total. The second-order valence-corrected chi connectivity index (χ2v) is 6.58. The van der Waals surface area contributed by atoms with E-state index in [1.807, 2.05) is 11.9 Å². The summed E-state index contributed by atoms with van der Waals surface area (Å²) in [5.74, 6) is 0. The van der Waals surface area contributed by atoms with Gasteiger partial charge in [-0.3, -0.25) is 0 Å². The molecule has 0 aromatic rings. The summed E-state index contributed by atoms with van der Waals surface area (Å²) in [5, 5.41) is 0. The van der Waals surface area contributed by atoms with Gasteiger partial charge in [-0.2, -0.15) is 0 Å². The molecular formula is C15H30N4O. The number of rotatable bonds is 3. The van der Waals surface area contributed by atoms with Gasteiger partial charge in [-0.15, -0.1) is 0 Å². The summed E-state index contributed by atoms with van der Waals surface area (Å²) in [6.07, 6.45) is 2.62. The lowest BCUT2D eigenvalue weighted by Crippen LogP contribution is -2.60. The Balaban J connectivity index is 1.85. The number of carbonyl (C=O) groups is 1. The van der Waals surface area contributed by atoms with Gasteiger partial charge in [0.25, 0.3) is 0 Å². The van der Waals surface area contributed by atoms with Crippen LogP contribution in [0, 0.1) is 0 Å². The van der Waals surface area contributed by atoms with E-state index >= 15 is 0 Å². The molecule has 0 spiro atoms. The normalized spacial score (nSPS) is 28.9. The van der Waals surface area contributed by atoms with Crippen LogP contribution in [-0.2, 0) is 0 Å². The van der Waals surface area contributed by atoms with Crippen molar-refractivity contribution in [2.45, 2.75) is 38.8 Å². The summed E-state index contributed by atoms with van der Waals surface area (Å²) in [6.45, 7) is 10.5. The quantitative estimate of drug-likeness (QED) is 0.778. The van der Waals surface area contributed by atoms with Crippen LogP contribution in [0.2, 0.25) is 0 Å². The molecule has 2 fully saturated rings. The van der Waals surface area contributed by atoms with Gasteiger partial charge in [-0.05, 0) is 46.8 Å². The second-order valence-electron chi connectivity index (χ2n) is 6.58. The Hall–Kier alpha value is -0.810. The van der Waals surface area contributed by atoms with Crippen molar-refractivity contribution in [3.05, 3.63) is 0 Å². The first-order chi connectivity index (χ1) is 9.49. The molecule has 5 heteroatoms. The summed E-state index contributed by atoms with van der Waals surface area (Å²) in [6, 6.07) is 0.785. The van der Waals surface area contributed by atoms with Gasteiger partial charge in [-0.25, -0.2) is 4.79 Å². The van der Waals surface area contributed by atoms with E-state index in [1.54, 1.807) is 0 Å². The van der Waals surface area contributed by atoms with Crippen molar-refractivity contribution < 1.29 is 4.79 Å². The van der Waals surface area contributed by atoms with E-state index in [-0.39, 0.29) is 6.03 Å². The molecule has 2 heterocycles. The standard InChI is InChI=1S/C15H30N4O/c1-13-11-16(3)12-14(2)19(13)15(20)17(4)9-10-18-7-5-6-8-18/h13-14H,5-12H2,1-4H3/t13-,14-/m0/s1. The molecule has 2 amide bonds. The summed E-state index contributed by atoms with van der Waals surface area (Å²) < 4.78 is 0. The monoisotopic (exact) mass is 282 g/mol. The summed E-state index contributed by atoms with van der Waals surface area (Å²) in [5.41, 5.74) is 0. The maximum Gasteiger partial charge on any atom is 0.320 e. The van der Waals surface area contributed by atoms with Crippen molar-refractivity contribution in [1.29, 1.82) is 0 Å². The topological polar surface area (TPSA) is 30.0 Å². The van der Waals surface area contributed by atoms with Gasteiger partial charge in [0, 0.05) is 45.3 Å². The zero-order chi connectivity index (χ0) is 14.7. The van der Waals surface area contributed by atoms with Crippen molar-refractivity contribution in [3.63, 3.8) is 0 Å². The molecule has 5 nitrogen and oxygen atoms in total. The van der Waals surface area contributed by atoms with Crippen LogP contribution in [0.25, 0.3) is 0 Å². The molecule has 0 radical (unpaired) electrons. The number of carbonyl (C=O) groups excluding carboxylic acids is 1. The highest BCUT2D eigenvalue weighted by molar-refractivity contribution is 5.75. The Morgan fingerprint density at radius 3 is 2.25 bits per heavy atom. The zero-order valence-corrected chi connectivity index (χ0v) is 13.5. The molecule has 2 saturated heterocycles. The SMILES string of the molecule is C[C@H]1CN(C)C[C@H](C)N1C(=O)N(C)CCN1CCCC1. The Morgan fingerprint density at radius 1 is 1.15 bits per heavy atom. The van der Waals surface area contributed by atoms with Crippen LogP contribution >= 0.6 is 0 Å². The van der Waals surface area contributed by atoms with Crippen LogP contribution in [-0.4, -0.2) is 91.1 Å². The number of piperazine rings is 1. The van der Waals surface area contributed by atoms with E-state index in [1.165, 1.54) is 25.9 Å². The van der Waals surface area contributed by atoms with Gasteiger partial charge < -0.3 is 19.6 Å². The third-order valence-corrected chi connectivity index (χ3v) is 4.60. The minimum Gasteiger partial charge on any atom is -0.326 e. The fourth-order valence-electron chi connectivity index (χ4n) is 3.55. The molecule has 0 aromatic carbocycles. The molecule has 116 valence electrons. The van der Waals surface area contributed by atoms with Gasteiger partial charge in [0.05, 0.1) is 0 Å². The van der Waals surface area contributed by atoms with Gasteiger partial charge in [-0.1, -0.05) is 0 Å². The molecular weight excluding hydrogens is 252 g/mol. The maximum atomic E-state index is 12.6. The number of likely N-dealkylation sites (N-methyl/N-ethyl adjacent to an activating group) is 2. The Kier molecular flexibility index (Phi) is 5.27. The molecule has 0 bridgehead atoms.